The van der Waals surface area contributed by atoms with Crippen molar-refractivity contribution in [2.45, 2.75) is 79.3 Å². The average molecular weight is 950 g/mol. The summed E-state index contributed by atoms with van der Waals surface area (Å²) in [6, 6.07) is 35.0. The minimum absolute atomic E-state index is 0.191. The van der Waals surface area contributed by atoms with Gasteiger partial charge in [-0.25, -0.2) is 9.59 Å². The molecule has 0 spiro atoms. The summed E-state index contributed by atoms with van der Waals surface area (Å²) in [7, 11) is 3.71. The van der Waals surface area contributed by atoms with Crippen LogP contribution in [-0.4, -0.2) is 26.2 Å². The largest absolute Gasteiger partial charge is 0.398 e. The number of anilines is 7. The molecular weight excluding hydrogens is 891 g/mol. The average Bonchev–Trinajstić information content (AvgIpc) is 3.32. The second-order valence-corrected chi connectivity index (χ2v) is 16.8. The van der Waals surface area contributed by atoms with Gasteiger partial charge in [0.15, 0.2) is 0 Å². The van der Waals surface area contributed by atoms with Gasteiger partial charge in [-0.05, 0) is 145 Å². The Morgan fingerprint density at radius 1 is 0.576 bits per heavy atom. The van der Waals surface area contributed by atoms with Crippen molar-refractivity contribution in [2.24, 2.45) is 5.18 Å². The molecule has 0 aliphatic carbocycles. The molecular formula is C52H59Cl3N8O3. The van der Waals surface area contributed by atoms with Crippen molar-refractivity contribution >= 4 is 92.4 Å². The quantitative estimate of drug-likeness (QED) is 0.0512. The molecule has 1 unspecified atom stereocenters. The predicted octanol–water partition coefficient (Wildman–Crippen LogP) is 15.2. The first-order valence-electron chi connectivity index (χ1n) is 22.1. The van der Waals surface area contributed by atoms with Crippen molar-refractivity contribution in [3.05, 3.63) is 169 Å². The van der Waals surface area contributed by atoms with Gasteiger partial charge >= 0.3 is 12.1 Å². The lowest BCUT2D eigenvalue weighted by Gasteiger charge is -2.31. The fourth-order valence-corrected chi connectivity index (χ4v) is 8.81. The molecule has 6 N–H and O–H groups in total. The zero-order chi connectivity index (χ0) is 48.1. The van der Waals surface area contributed by atoms with Crippen LogP contribution in [0.2, 0.25) is 15.1 Å². The maximum Gasteiger partial charge on any atom is 0.326 e. The number of hydrogen-bond donors (Lipinski definition) is 5. The zero-order valence-corrected chi connectivity index (χ0v) is 41.0. The molecule has 0 aliphatic heterocycles. The number of hydrogen-bond acceptors (Lipinski definition) is 7. The van der Waals surface area contributed by atoms with Gasteiger partial charge in [0.05, 0.1) is 23.5 Å². The van der Waals surface area contributed by atoms with Crippen LogP contribution in [0, 0.1) is 4.91 Å². The first kappa shape index (κ1) is 50.7. The van der Waals surface area contributed by atoms with Crippen molar-refractivity contribution in [2.75, 3.05) is 50.9 Å². The van der Waals surface area contributed by atoms with E-state index in [0.717, 1.165) is 44.9 Å². The van der Waals surface area contributed by atoms with Gasteiger partial charge < -0.3 is 27.0 Å². The summed E-state index contributed by atoms with van der Waals surface area (Å²) < 4.78 is 0. The van der Waals surface area contributed by atoms with E-state index in [-0.39, 0.29) is 29.8 Å². The second kappa shape index (κ2) is 23.8. The van der Waals surface area contributed by atoms with Crippen LogP contribution < -0.4 is 36.8 Å². The SMILES string of the molecule is CCc1c(Cl)cc(N=O)c(CC)c1NC(=O)N(c1ccc(NC)cc1)[C@@H](C)c1ccc(Cl)cc1.CCc1c(N)cc(Cl)c(CC)c1NC(=O)N(c1ccc(NC)cc1)C(C)c1ccccc1. The molecule has 6 aromatic carbocycles. The normalized spacial score (nSPS) is 11.6. The summed E-state index contributed by atoms with van der Waals surface area (Å²) in [4.78, 5) is 42.5. The minimum atomic E-state index is -0.344. The van der Waals surface area contributed by atoms with Gasteiger partial charge in [-0.2, -0.15) is 0 Å². The predicted molar refractivity (Wildman–Crippen MR) is 280 cm³/mol. The molecule has 0 bridgehead atoms. The van der Waals surface area contributed by atoms with Gasteiger partial charge in [-0.15, -0.1) is 4.91 Å². The molecule has 4 amide bonds. The van der Waals surface area contributed by atoms with Crippen molar-refractivity contribution in [3.8, 4) is 0 Å². The number of carbonyl (C=O) groups excluding carboxylic acids is 2. The molecule has 346 valence electrons. The fraction of sp³-hybridized carbons (Fsp3) is 0.269. The van der Waals surface area contributed by atoms with Gasteiger partial charge in [0.1, 0.15) is 5.69 Å². The van der Waals surface area contributed by atoms with E-state index in [0.29, 0.717) is 69.1 Å². The highest BCUT2D eigenvalue weighted by molar-refractivity contribution is 6.33. The number of nitroso groups, excluding NO2 is 1. The highest BCUT2D eigenvalue weighted by atomic mass is 35.5. The summed E-state index contributed by atoms with van der Waals surface area (Å²) in [5.74, 6) is 0. The lowest BCUT2D eigenvalue weighted by Crippen LogP contribution is -2.37. The first-order valence-corrected chi connectivity index (χ1v) is 23.2. The Morgan fingerprint density at radius 2 is 0.985 bits per heavy atom. The third kappa shape index (κ3) is 11.8. The van der Waals surface area contributed by atoms with Crippen molar-refractivity contribution in [1.82, 2.24) is 0 Å². The topological polar surface area (TPSA) is 144 Å². The van der Waals surface area contributed by atoms with Crippen LogP contribution in [-0.2, 0) is 25.7 Å². The number of nitrogen functional groups attached to an aromatic ring is 1. The van der Waals surface area contributed by atoms with E-state index in [1.165, 1.54) is 0 Å². The maximum atomic E-state index is 13.8. The number of nitrogens with zero attached hydrogens (tertiary/aromatic N) is 3. The molecule has 66 heavy (non-hydrogen) atoms. The third-order valence-corrected chi connectivity index (χ3v) is 12.6. The molecule has 6 aromatic rings. The molecule has 0 aliphatic rings. The van der Waals surface area contributed by atoms with Gasteiger partial charge in [0, 0.05) is 63.2 Å². The number of benzene rings is 6. The molecule has 2 atom stereocenters. The van der Waals surface area contributed by atoms with E-state index in [4.69, 9.17) is 40.5 Å². The fourth-order valence-electron chi connectivity index (χ4n) is 8.01. The maximum absolute atomic E-state index is 13.8. The summed E-state index contributed by atoms with van der Waals surface area (Å²) in [6.07, 6.45) is 2.48. The lowest BCUT2D eigenvalue weighted by molar-refractivity contribution is 0.254. The molecule has 11 nitrogen and oxygen atoms in total. The van der Waals surface area contributed by atoms with Crippen LogP contribution in [0.4, 0.5) is 55.1 Å². The van der Waals surface area contributed by atoms with Crippen molar-refractivity contribution in [3.63, 3.8) is 0 Å². The number of urea groups is 2. The van der Waals surface area contributed by atoms with Gasteiger partial charge in [0.25, 0.3) is 0 Å². The van der Waals surface area contributed by atoms with Gasteiger partial charge in [-0.3, -0.25) is 9.80 Å². The molecule has 0 aromatic heterocycles. The Hall–Kier alpha value is -6.27. The number of amides is 4. The van der Waals surface area contributed by atoms with E-state index in [1.807, 2.05) is 147 Å². The third-order valence-electron chi connectivity index (χ3n) is 11.7. The summed E-state index contributed by atoms with van der Waals surface area (Å²) in [6.45, 7) is 11.9. The molecule has 0 saturated carbocycles. The Labute approximate surface area is 404 Å². The standard InChI is InChI=1S/C26H28Cl2N4O2.C26H31ClN4O/c1-5-21-23(28)15-24(31-34)22(6-2)25(21)30-26(33)32(20-13-11-19(29-4)12-14-20)16(3)17-7-9-18(27)10-8-17;1-5-21-23(27)16-24(28)22(6-2)25(21)30-26(32)31(17(3)18-10-8-7-9-11-18)20-14-12-19(29-4)13-15-20/h7-16,29H,5-6H2,1-4H3,(H,30,33);7-17,29H,5-6,28H2,1-4H3,(H,30,32)/t16-;/m0./s1. The zero-order valence-electron chi connectivity index (χ0n) is 38.7. The Morgan fingerprint density at radius 3 is 1.39 bits per heavy atom. The lowest BCUT2D eigenvalue weighted by atomic mass is 10.0. The van der Waals surface area contributed by atoms with Crippen molar-refractivity contribution < 1.29 is 9.59 Å². The van der Waals surface area contributed by atoms with Gasteiger partial charge in [-0.1, -0.05) is 105 Å². The molecule has 6 rings (SSSR count). The molecule has 14 heteroatoms. The number of nitrogens with two attached hydrogens (primary N) is 1. The van der Waals surface area contributed by atoms with E-state index < -0.39 is 0 Å². The van der Waals surface area contributed by atoms with Crippen LogP contribution in [0.1, 0.15) is 87.0 Å². The first-order chi connectivity index (χ1) is 31.7. The van der Waals surface area contributed by atoms with Crippen molar-refractivity contribution in [1.29, 1.82) is 0 Å². The Balaban J connectivity index is 0.000000248. The highest BCUT2D eigenvalue weighted by Crippen LogP contribution is 2.39. The highest BCUT2D eigenvalue weighted by Gasteiger charge is 2.28. The number of halogens is 3. The minimum Gasteiger partial charge on any atom is -0.398 e. The molecule has 0 saturated heterocycles. The van der Waals surface area contributed by atoms with E-state index in [9.17, 15) is 14.5 Å². The molecule has 0 fully saturated rings. The summed E-state index contributed by atoms with van der Waals surface area (Å²) in [5.41, 5.74) is 16.9. The van der Waals surface area contributed by atoms with Gasteiger partial charge in [0.2, 0.25) is 0 Å². The Kier molecular flexibility index (Phi) is 18.3. The number of carbonyl (C=O) groups is 2. The number of rotatable bonds is 15. The van der Waals surface area contributed by atoms with Crippen LogP contribution in [0.5, 0.6) is 0 Å². The Bertz CT molecular complexity index is 2570. The number of nitrogens with one attached hydrogen (secondary N) is 4. The van der Waals surface area contributed by atoms with E-state index >= 15 is 0 Å². The van der Waals surface area contributed by atoms with Crippen LogP contribution >= 0.6 is 34.8 Å². The van der Waals surface area contributed by atoms with Crippen LogP contribution in [0.25, 0.3) is 0 Å². The monoisotopic (exact) mass is 948 g/mol. The van der Waals surface area contributed by atoms with Crippen LogP contribution in [0.3, 0.4) is 0 Å². The molecule has 0 radical (unpaired) electrons. The second-order valence-electron chi connectivity index (χ2n) is 15.5. The van der Waals surface area contributed by atoms with E-state index in [1.54, 1.807) is 34.1 Å². The smallest absolute Gasteiger partial charge is 0.326 e. The summed E-state index contributed by atoms with van der Waals surface area (Å²) in [5, 5.41) is 17.1. The molecule has 0 heterocycles. The van der Waals surface area contributed by atoms with Crippen LogP contribution in [0.15, 0.2) is 120 Å². The summed E-state index contributed by atoms with van der Waals surface area (Å²) >= 11 is 19.0. The van der Waals surface area contributed by atoms with E-state index in [2.05, 4.69) is 26.4 Å².